The lowest BCUT2D eigenvalue weighted by atomic mass is 11.2. The Bertz CT molecular complexity index is 44.8. The van der Waals surface area contributed by atoms with Crippen LogP contribution in [0.25, 0.3) is 0 Å². The maximum Gasteiger partial charge on any atom is 0.176 e. The van der Waals surface area contributed by atoms with Gasteiger partial charge in [0.05, 0.1) is 0 Å². The van der Waals surface area contributed by atoms with Crippen LogP contribution < -0.4 is 0 Å². The van der Waals surface area contributed by atoms with Gasteiger partial charge in [0.2, 0.25) is 0 Å². The van der Waals surface area contributed by atoms with Gasteiger partial charge in [0, 0.05) is 14.1 Å². The Morgan fingerprint density at radius 3 is 2.17 bits per heavy atom. The van der Waals surface area contributed by atoms with Crippen LogP contribution in [0.1, 0.15) is 0 Å². The minimum atomic E-state index is 1.20. The molecule has 0 saturated heterocycles. The van der Waals surface area contributed by atoms with Gasteiger partial charge in [-0.1, -0.05) is 0 Å². The Balaban J connectivity index is 2.81. The van der Waals surface area contributed by atoms with Crippen molar-refractivity contribution in [2.24, 2.45) is 5.34 Å². The molecule has 0 N–H and O–H groups in total. The zero-order valence-corrected chi connectivity index (χ0v) is 3.71. The fourth-order valence-corrected chi connectivity index (χ4v) is 0.0667. The lowest BCUT2D eigenvalue weighted by Crippen LogP contribution is -2.06. The zero-order valence-electron chi connectivity index (χ0n) is 3.71. The highest BCUT2D eigenvalue weighted by Crippen LogP contribution is 1.73. The first-order valence-electron chi connectivity index (χ1n) is 1.44. The minimum Gasteiger partial charge on any atom is -0.261 e. The second kappa shape index (κ2) is 2.59. The smallest absolute Gasteiger partial charge is 0.176 e. The van der Waals surface area contributed by atoms with E-state index < -0.39 is 0 Å². The summed E-state index contributed by atoms with van der Waals surface area (Å²) >= 11 is 0. The van der Waals surface area contributed by atoms with Crippen LogP contribution in [0.3, 0.4) is 0 Å². The third kappa shape index (κ3) is 3.36. The van der Waals surface area contributed by atoms with Crippen molar-refractivity contribution in [2.45, 2.75) is 0 Å². The summed E-state index contributed by atoms with van der Waals surface area (Å²) in [5.41, 5.74) is 0. The van der Waals surface area contributed by atoms with Crippen molar-refractivity contribution in [3.05, 3.63) is 4.91 Å². The van der Waals surface area contributed by atoms with Gasteiger partial charge < -0.3 is 0 Å². The van der Waals surface area contributed by atoms with Gasteiger partial charge in [-0.3, -0.25) is 4.94 Å². The maximum atomic E-state index is 9.10. The van der Waals surface area contributed by atoms with E-state index in [1.807, 2.05) is 0 Å². The molecule has 0 aromatic rings. The molecule has 0 atom stereocenters. The molecule has 0 aromatic carbocycles. The number of hydrogen-bond acceptors (Lipinski definition) is 4. The van der Waals surface area contributed by atoms with Crippen LogP contribution in [0.15, 0.2) is 5.34 Å². The first-order valence-corrected chi connectivity index (χ1v) is 1.44. The molecule has 0 aliphatic rings. The van der Waals surface area contributed by atoms with Crippen molar-refractivity contribution >= 4 is 0 Å². The monoisotopic (exact) mass is 90.0 g/mol. The topological polar surface area (TPSA) is 41.9 Å². The summed E-state index contributed by atoms with van der Waals surface area (Å²) in [7, 11) is 3.14. The first kappa shape index (κ1) is 5.36. The highest BCUT2D eigenvalue weighted by atomic mass is 16.9. The van der Waals surface area contributed by atoms with Gasteiger partial charge in [-0.2, -0.15) is 0 Å². The van der Waals surface area contributed by atoms with E-state index in [9.17, 15) is 0 Å². The predicted octanol–water partition coefficient (Wildman–Crippen LogP) is 0.161. The van der Waals surface area contributed by atoms with E-state index in [4.69, 9.17) is 4.91 Å². The van der Waals surface area contributed by atoms with Gasteiger partial charge >= 0.3 is 0 Å². The van der Waals surface area contributed by atoms with Crippen LogP contribution in [-0.4, -0.2) is 19.2 Å². The van der Waals surface area contributed by atoms with E-state index in [0.29, 0.717) is 0 Å². The summed E-state index contributed by atoms with van der Waals surface area (Å²) in [6.45, 7) is 0. The molecule has 0 amide bonds. The van der Waals surface area contributed by atoms with E-state index in [2.05, 4.69) is 10.3 Å². The van der Waals surface area contributed by atoms with Crippen LogP contribution in [0.2, 0.25) is 0 Å². The largest absolute Gasteiger partial charge is 0.261 e. The van der Waals surface area contributed by atoms with E-state index in [0.717, 1.165) is 0 Å². The molecule has 6 heavy (non-hydrogen) atoms. The molecule has 0 unspecified atom stereocenters. The number of nitrogens with zero attached hydrogens (tertiary/aromatic N) is 2. The van der Waals surface area contributed by atoms with Gasteiger partial charge in [-0.05, 0) is 0 Å². The summed E-state index contributed by atoms with van der Waals surface area (Å²) < 4.78 is 0. The Hall–Kier alpha value is -0.640. The van der Waals surface area contributed by atoms with E-state index >= 15 is 0 Å². The second-order valence-corrected chi connectivity index (χ2v) is 0.969. The molecule has 36 valence electrons. The highest BCUT2D eigenvalue weighted by Gasteiger charge is 1.79. The van der Waals surface area contributed by atoms with Gasteiger partial charge in [0.25, 0.3) is 0 Å². The SMILES string of the molecule is CN(C)ON=O. The molecule has 0 fully saturated rings. The van der Waals surface area contributed by atoms with E-state index in [1.54, 1.807) is 14.1 Å². The molecule has 0 aliphatic heterocycles. The molecule has 0 radical (unpaired) electrons. The van der Waals surface area contributed by atoms with Crippen molar-refractivity contribution in [3.63, 3.8) is 0 Å². The van der Waals surface area contributed by atoms with Crippen molar-refractivity contribution in [1.29, 1.82) is 0 Å². The zero-order chi connectivity index (χ0) is 4.99. The highest BCUT2D eigenvalue weighted by molar-refractivity contribution is 4.02. The lowest BCUT2D eigenvalue weighted by molar-refractivity contribution is -0.121. The number of hydroxylamine groups is 2. The lowest BCUT2D eigenvalue weighted by Gasteiger charge is -1.97. The fraction of sp³-hybridized carbons (Fsp3) is 1.00. The van der Waals surface area contributed by atoms with Crippen molar-refractivity contribution < 1.29 is 4.94 Å². The van der Waals surface area contributed by atoms with Crippen molar-refractivity contribution in [3.8, 4) is 0 Å². The van der Waals surface area contributed by atoms with Gasteiger partial charge in [-0.15, -0.1) is 9.97 Å². The molecule has 0 heterocycles. The summed E-state index contributed by atoms with van der Waals surface area (Å²) in [6, 6.07) is 0. The Morgan fingerprint density at radius 2 is 2.17 bits per heavy atom. The molecule has 0 spiro atoms. The fourth-order valence-electron chi connectivity index (χ4n) is 0.0667. The molecular formula is C2H6N2O2. The molecule has 0 aromatic heterocycles. The minimum absolute atomic E-state index is 1.20. The van der Waals surface area contributed by atoms with Crippen LogP contribution in [0, 0.1) is 4.91 Å². The predicted molar refractivity (Wildman–Crippen MR) is 20.6 cm³/mol. The van der Waals surface area contributed by atoms with Crippen LogP contribution in [0.5, 0.6) is 0 Å². The Morgan fingerprint density at radius 1 is 1.67 bits per heavy atom. The van der Waals surface area contributed by atoms with Gasteiger partial charge in [-0.25, -0.2) is 0 Å². The van der Waals surface area contributed by atoms with E-state index in [-0.39, 0.29) is 0 Å². The third-order valence-electron chi connectivity index (χ3n) is 0.197. The van der Waals surface area contributed by atoms with Crippen molar-refractivity contribution in [1.82, 2.24) is 5.06 Å². The molecule has 4 heteroatoms. The maximum absolute atomic E-state index is 9.10. The summed E-state index contributed by atoms with van der Waals surface area (Å²) in [5, 5.41) is 3.31. The molecule has 0 saturated carbocycles. The van der Waals surface area contributed by atoms with Crippen LogP contribution in [-0.2, 0) is 4.94 Å². The Kier molecular flexibility index (Phi) is 2.31. The summed E-state index contributed by atoms with van der Waals surface area (Å²) in [5.74, 6) is 0. The second-order valence-electron chi connectivity index (χ2n) is 0.969. The van der Waals surface area contributed by atoms with Crippen molar-refractivity contribution in [2.75, 3.05) is 14.1 Å². The molecule has 0 bridgehead atoms. The standard InChI is InChI=1S/C2H6N2O2/c1-4(2)6-3-5/h1-2H3. The van der Waals surface area contributed by atoms with Crippen LogP contribution in [0.4, 0.5) is 0 Å². The summed E-state index contributed by atoms with van der Waals surface area (Å²) in [6.07, 6.45) is 0. The quantitative estimate of drug-likeness (QED) is 0.358. The summed E-state index contributed by atoms with van der Waals surface area (Å²) in [4.78, 5) is 13.0. The van der Waals surface area contributed by atoms with Gasteiger partial charge in [0.1, 0.15) is 0 Å². The molecule has 0 aliphatic carbocycles. The number of hydrogen-bond donors (Lipinski definition) is 0. The molecular weight excluding hydrogens is 84.0 g/mol. The third-order valence-corrected chi connectivity index (χ3v) is 0.197. The molecule has 0 rings (SSSR count). The Labute approximate surface area is 35.6 Å². The first-order chi connectivity index (χ1) is 2.77. The van der Waals surface area contributed by atoms with Crippen LogP contribution >= 0.6 is 0 Å². The average Bonchev–Trinajstić information content (AvgIpc) is 1.35. The average molecular weight is 90.1 g/mol. The normalized spacial score (nSPS) is 8.50. The number of rotatable bonds is 2. The van der Waals surface area contributed by atoms with E-state index in [1.165, 1.54) is 5.06 Å². The van der Waals surface area contributed by atoms with Gasteiger partial charge in [0.15, 0.2) is 5.34 Å². The molecule has 4 nitrogen and oxygen atoms in total.